The molecule has 20 heavy (non-hydrogen) atoms. The molecule has 0 fully saturated rings. The largest absolute Gasteiger partial charge is 0.459 e. The molecule has 1 aromatic rings. The van der Waals surface area contributed by atoms with Crippen molar-refractivity contribution in [1.82, 2.24) is 4.72 Å². The molecule has 1 rings (SSSR count). The van der Waals surface area contributed by atoms with Crippen molar-refractivity contribution in [2.45, 2.75) is 44.2 Å². The Labute approximate surface area is 119 Å². The van der Waals surface area contributed by atoms with Gasteiger partial charge in [0.15, 0.2) is 0 Å². The van der Waals surface area contributed by atoms with Gasteiger partial charge in [-0.2, -0.15) is 4.72 Å². The minimum Gasteiger partial charge on any atom is -0.459 e. The molecule has 3 N–H and O–H groups in total. The van der Waals surface area contributed by atoms with Gasteiger partial charge in [0, 0.05) is 5.69 Å². The SMILES string of the molecule is C[C@H](NS(=O)(=O)c1ccc(N)cc1)C(=O)OC(C)(C)C. The Bertz CT molecular complexity index is 573. The molecular weight excluding hydrogens is 280 g/mol. The molecule has 0 aliphatic rings. The minimum absolute atomic E-state index is 0.0436. The predicted octanol–water partition coefficient (Wildman–Crippen LogP) is 1.28. The van der Waals surface area contributed by atoms with Crippen molar-refractivity contribution in [1.29, 1.82) is 0 Å². The molecule has 0 saturated carbocycles. The maximum atomic E-state index is 12.1. The van der Waals surface area contributed by atoms with E-state index in [9.17, 15) is 13.2 Å². The highest BCUT2D eigenvalue weighted by atomic mass is 32.2. The van der Waals surface area contributed by atoms with Crippen LogP contribution in [0.15, 0.2) is 29.2 Å². The second kappa shape index (κ2) is 5.80. The van der Waals surface area contributed by atoms with Gasteiger partial charge in [-0.25, -0.2) is 8.42 Å². The Morgan fingerprint density at radius 2 is 1.75 bits per heavy atom. The average molecular weight is 300 g/mol. The lowest BCUT2D eigenvalue weighted by atomic mass is 10.2. The summed E-state index contributed by atoms with van der Waals surface area (Å²) in [7, 11) is -3.78. The highest BCUT2D eigenvalue weighted by Crippen LogP contribution is 2.13. The Balaban J connectivity index is 2.81. The number of nitrogens with two attached hydrogens (primary N) is 1. The molecule has 0 saturated heterocycles. The molecule has 1 aromatic carbocycles. The van der Waals surface area contributed by atoms with E-state index in [4.69, 9.17) is 10.5 Å². The number of hydrogen-bond donors (Lipinski definition) is 2. The van der Waals surface area contributed by atoms with E-state index >= 15 is 0 Å². The number of ether oxygens (including phenoxy) is 1. The number of hydrogen-bond acceptors (Lipinski definition) is 5. The molecule has 0 radical (unpaired) electrons. The summed E-state index contributed by atoms with van der Waals surface area (Å²) in [6, 6.07) is 4.73. The fraction of sp³-hybridized carbons (Fsp3) is 0.462. The van der Waals surface area contributed by atoms with Crippen molar-refractivity contribution in [3.63, 3.8) is 0 Å². The van der Waals surface area contributed by atoms with Crippen LogP contribution in [0.2, 0.25) is 0 Å². The van der Waals surface area contributed by atoms with Crippen LogP contribution in [-0.4, -0.2) is 26.0 Å². The van der Waals surface area contributed by atoms with Crippen LogP contribution in [0.1, 0.15) is 27.7 Å². The second-order valence-electron chi connectivity index (χ2n) is 5.45. The molecule has 0 amide bonds. The maximum Gasteiger partial charge on any atom is 0.324 e. The molecule has 0 bridgehead atoms. The number of nitrogen functional groups attached to an aromatic ring is 1. The highest BCUT2D eigenvalue weighted by Gasteiger charge is 2.26. The van der Waals surface area contributed by atoms with Crippen LogP contribution in [0, 0.1) is 0 Å². The Hall–Kier alpha value is -1.60. The summed E-state index contributed by atoms with van der Waals surface area (Å²) >= 11 is 0. The number of carbonyl (C=O) groups excluding carboxylic acids is 1. The van der Waals surface area contributed by atoms with Gasteiger partial charge in [0.2, 0.25) is 10.0 Å². The van der Waals surface area contributed by atoms with E-state index in [1.807, 2.05) is 0 Å². The lowest BCUT2D eigenvalue weighted by Crippen LogP contribution is -2.42. The minimum atomic E-state index is -3.78. The summed E-state index contributed by atoms with van der Waals surface area (Å²) in [5.41, 5.74) is 5.29. The molecule has 0 heterocycles. The van der Waals surface area contributed by atoms with E-state index in [0.717, 1.165) is 0 Å². The number of benzene rings is 1. The fourth-order valence-corrected chi connectivity index (χ4v) is 2.58. The predicted molar refractivity (Wildman–Crippen MR) is 76.5 cm³/mol. The first-order valence-corrected chi connectivity index (χ1v) is 7.60. The number of carbonyl (C=O) groups is 1. The Morgan fingerprint density at radius 3 is 2.20 bits per heavy atom. The first-order valence-electron chi connectivity index (χ1n) is 6.12. The van der Waals surface area contributed by atoms with E-state index in [1.54, 1.807) is 20.8 Å². The molecule has 1 atom stereocenters. The van der Waals surface area contributed by atoms with E-state index in [0.29, 0.717) is 5.69 Å². The molecule has 0 aromatic heterocycles. The first kappa shape index (κ1) is 16.5. The van der Waals surface area contributed by atoms with Crippen LogP contribution >= 0.6 is 0 Å². The Morgan fingerprint density at radius 1 is 1.25 bits per heavy atom. The van der Waals surface area contributed by atoms with Crippen molar-refractivity contribution in [3.05, 3.63) is 24.3 Å². The van der Waals surface area contributed by atoms with Gasteiger partial charge in [-0.1, -0.05) is 0 Å². The third kappa shape index (κ3) is 4.82. The van der Waals surface area contributed by atoms with Crippen LogP contribution in [0.25, 0.3) is 0 Å². The molecule has 0 aliphatic carbocycles. The number of esters is 1. The van der Waals surface area contributed by atoms with Crippen molar-refractivity contribution in [2.75, 3.05) is 5.73 Å². The van der Waals surface area contributed by atoms with Crippen molar-refractivity contribution >= 4 is 21.7 Å². The summed E-state index contributed by atoms with van der Waals surface area (Å²) in [6.45, 7) is 6.58. The van der Waals surface area contributed by atoms with E-state index in [1.165, 1.54) is 31.2 Å². The third-order valence-electron chi connectivity index (χ3n) is 2.28. The summed E-state index contributed by atoms with van der Waals surface area (Å²) < 4.78 is 31.5. The quantitative estimate of drug-likeness (QED) is 0.644. The average Bonchev–Trinajstić information content (AvgIpc) is 2.26. The van der Waals surface area contributed by atoms with Gasteiger partial charge < -0.3 is 10.5 Å². The first-order chi connectivity index (χ1) is 9.01. The smallest absolute Gasteiger partial charge is 0.324 e. The summed E-state index contributed by atoms with van der Waals surface area (Å²) in [5, 5.41) is 0. The zero-order valence-electron chi connectivity index (χ0n) is 12.0. The van der Waals surface area contributed by atoms with Gasteiger partial charge in [-0.05, 0) is 52.0 Å². The molecule has 0 aliphatic heterocycles. The molecule has 6 nitrogen and oxygen atoms in total. The van der Waals surface area contributed by atoms with Gasteiger partial charge in [0.05, 0.1) is 4.90 Å². The van der Waals surface area contributed by atoms with Crippen LogP contribution in [0.5, 0.6) is 0 Å². The third-order valence-corrected chi connectivity index (χ3v) is 3.84. The number of sulfonamides is 1. The molecule has 7 heteroatoms. The molecule has 0 spiro atoms. The second-order valence-corrected chi connectivity index (χ2v) is 7.16. The van der Waals surface area contributed by atoms with Crippen LogP contribution in [0.3, 0.4) is 0 Å². The van der Waals surface area contributed by atoms with Crippen molar-refractivity contribution in [3.8, 4) is 0 Å². The van der Waals surface area contributed by atoms with Gasteiger partial charge in [0.1, 0.15) is 11.6 Å². The molecule has 0 unspecified atom stereocenters. The summed E-state index contributed by atoms with van der Waals surface area (Å²) in [5.74, 6) is -0.628. The summed E-state index contributed by atoms with van der Waals surface area (Å²) in [4.78, 5) is 11.8. The Kier molecular flexibility index (Phi) is 4.77. The zero-order valence-corrected chi connectivity index (χ0v) is 12.8. The van der Waals surface area contributed by atoms with Crippen LogP contribution in [-0.2, 0) is 19.6 Å². The van der Waals surface area contributed by atoms with Crippen LogP contribution in [0.4, 0.5) is 5.69 Å². The highest BCUT2D eigenvalue weighted by molar-refractivity contribution is 7.89. The normalized spacial score (nSPS) is 13.8. The van der Waals surface area contributed by atoms with Gasteiger partial charge in [-0.15, -0.1) is 0 Å². The maximum absolute atomic E-state index is 12.1. The van der Waals surface area contributed by atoms with Gasteiger partial charge >= 0.3 is 5.97 Å². The molecule has 112 valence electrons. The van der Waals surface area contributed by atoms with E-state index in [-0.39, 0.29) is 4.90 Å². The molecular formula is C13H20N2O4S. The van der Waals surface area contributed by atoms with Gasteiger partial charge in [0.25, 0.3) is 0 Å². The van der Waals surface area contributed by atoms with Gasteiger partial charge in [-0.3, -0.25) is 4.79 Å². The van der Waals surface area contributed by atoms with Crippen molar-refractivity contribution < 1.29 is 17.9 Å². The lowest BCUT2D eigenvalue weighted by molar-refractivity contribution is -0.156. The number of anilines is 1. The zero-order chi connectivity index (χ0) is 15.6. The van der Waals surface area contributed by atoms with Crippen LogP contribution < -0.4 is 10.5 Å². The summed E-state index contributed by atoms with van der Waals surface area (Å²) in [6.07, 6.45) is 0. The van der Waals surface area contributed by atoms with Crippen molar-refractivity contribution in [2.24, 2.45) is 0 Å². The lowest BCUT2D eigenvalue weighted by Gasteiger charge is -2.22. The van der Waals surface area contributed by atoms with E-state index in [2.05, 4.69) is 4.72 Å². The number of rotatable bonds is 4. The standard InChI is InChI=1S/C13H20N2O4S/c1-9(12(16)19-13(2,3)4)15-20(17,18)11-7-5-10(14)6-8-11/h5-9,15H,14H2,1-4H3/t9-/m0/s1. The monoisotopic (exact) mass is 300 g/mol. The number of nitrogens with one attached hydrogen (secondary N) is 1. The topological polar surface area (TPSA) is 98.5 Å². The van der Waals surface area contributed by atoms with E-state index < -0.39 is 27.6 Å². The fourth-order valence-electron chi connectivity index (χ4n) is 1.39.